The zero-order chi connectivity index (χ0) is 13.9. The van der Waals surface area contributed by atoms with E-state index in [9.17, 15) is 0 Å². The van der Waals surface area contributed by atoms with Crippen LogP contribution in [-0.4, -0.2) is 36.0 Å². The van der Waals surface area contributed by atoms with E-state index in [0.717, 1.165) is 26.2 Å². The zero-order valence-corrected chi connectivity index (χ0v) is 13.4. The summed E-state index contributed by atoms with van der Waals surface area (Å²) < 4.78 is 0. The molecule has 19 heavy (non-hydrogen) atoms. The molecule has 0 amide bonds. The summed E-state index contributed by atoms with van der Waals surface area (Å²) in [6, 6.07) is 8.69. The lowest BCUT2D eigenvalue weighted by Gasteiger charge is -2.20. The largest absolute Gasteiger partial charge is 0.385 e. The fraction of sp³-hybridized carbons (Fsp3) is 0.625. The van der Waals surface area contributed by atoms with Crippen LogP contribution in [0.2, 0.25) is 0 Å². The predicted molar refractivity (Wildman–Crippen MR) is 89.2 cm³/mol. The Hall–Kier alpha value is -0.670. The number of nitrogens with one attached hydrogen (secondary N) is 1. The Kier molecular flexibility index (Phi) is 8.76. The van der Waals surface area contributed by atoms with Crippen LogP contribution in [0.3, 0.4) is 0 Å². The van der Waals surface area contributed by atoms with Crippen molar-refractivity contribution in [3.8, 4) is 0 Å². The van der Waals surface area contributed by atoms with E-state index in [0.29, 0.717) is 0 Å². The van der Waals surface area contributed by atoms with E-state index >= 15 is 0 Å². The SMILES string of the molecule is CCSCCCNc1ccccc1CN(CC)CC. The highest BCUT2D eigenvalue weighted by molar-refractivity contribution is 7.99. The molecule has 1 N–H and O–H groups in total. The maximum absolute atomic E-state index is 3.59. The first-order valence-corrected chi connectivity index (χ1v) is 8.59. The first-order valence-electron chi connectivity index (χ1n) is 7.43. The van der Waals surface area contributed by atoms with Crippen LogP contribution >= 0.6 is 11.8 Å². The second-order valence-electron chi connectivity index (χ2n) is 4.60. The van der Waals surface area contributed by atoms with Crippen LogP contribution in [0, 0.1) is 0 Å². The number of hydrogen-bond acceptors (Lipinski definition) is 3. The van der Waals surface area contributed by atoms with Gasteiger partial charge in [-0.3, -0.25) is 4.90 Å². The number of para-hydroxylation sites is 1. The van der Waals surface area contributed by atoms with Gasteiger partial charge in [-0.15, -0.1) is 0 Å². The second-order valence-corrected chi connectivity index (χ2v) is 5.99. The van der Waals surface area contributed by atoms with E-state index in [1.807, 2.05) is 11.8 Å². The van der Waals surface area contributed by atoms with Crippen molar-refractivity contribution >= 4 is 17.4 Å². The summed E-state index contributed by atoms with van der Waals surface area (Å²) in [5.74, 6) is 2.47. The van der Waals surface area contributed by atoms with Crippen LogP contribution in [0.4, 0.5) is 5.69 Å². The highest BCUT2D eigenvalue weighted by atomic mass is 32.2. The molecule has 1 rings (SSSR count). The Labute approximate surface area is 123 Å². The lowest BCUT2D eigenvalue weighted by molar-refractivity contribution is 0.296. The van der Waals surface area contributed by atoms with E-state index in [2.05, 4.69) is 55.3 Å². The van der Waals surface area contributed by atoms with Gasteiger partial charge in [0.25, 0.3) is 0 Å². The standard InChI is InChI=1S/C16H28N2S/c1-4-18(5-2)14-15-10-7-8-11-16(15)17-12-9-13-19-6-3/h7-8,10-11,17H,4-6,9,12-14H2,1-3H3. The minimum absolute atomic E-state index is 1.04. The maximum atomic E-state index is 3.59. The smallest absolute Gasteiger partial charge is 0.0385 e. The maximum Gasteiger partial charge on any atom is 0.0385 e. The van der Waals surface area contributed by atoms with E-state index in [1.165, 1.54) is 29.2 Å². The molecule has 0 saturated carbocycles. The van der Waals surface area contributed by atoms with E-state index in [1.54, 1.807) is 0 Å². The monoisotopic (exact) mass is 280 g/mol. The first kappa shape index (κ1) is 16.4. The fourth-order valence-corrected chi connectivity index (χ4v) is 2.70. The van der Waals surface area contributed by atoms with Crippen LogP contribution in [-0.2, 0) is 6.54 Å². The summed E-state index contributed by atoms with van der Waals surface area (Å²) in [7, 11) is 0. The third kappa shape index (κ3) is 6.35. The molecule has 1 aromatic rings. The molecule has 0 unspecified atom stereocenters. The summed E-state index contributed by atoms with van der Waals surface area (Å²) >= 11 is 2.02. The van der Waals surface area contributed by atoms with Gasteiger partial charge in [-0.1, -0.05) is 39.0 Å². The van der Waals surface area contributed by atoms with Crippen molar-refractivity contribution in [2.45, 2.75) is 33.7 Å². The van der Waals surface area contributed by atoms with Gasteiger partial charge in [-0.2, -0.15) is 11.8 Å². The van der Waals surface area contributed by atoms with Crippen LogP contribution in [0.25, 0.3) is 0 Å². The quantitative estimate of drug-likeness (QED) is 0.650. The summed E-state index contributed by atoms with van der Waals surface area (Å²) in [6.07, 6.45) is 1.23. The molecule has 1 aromatic carbocycles. The van der Waals surface area contributed by atoms with Gasteiger partial charge in [0.1, 0.15) is 0 Å². The normalized spacial score (nSPS) is 10.9. The average molecular weight is 280 g/mol. The Morgan fingerprint density at radius 1 is 1.11 bits per heavy atom. The molecule has 2 nitrogen and oxygen atoms in total. The van der Waals surface area contributed by atoms with E-state index < -0.39 is 0 Å². The number of anilines is 1. The molecule has 0 spiro atoms. The van der Waals surface area contributed by atoms with Crippen LogP contribution < -0.4 is 5.32 Å². The molecule has 0 aromatic heterocycles. The van der Waals surface area contributed by atoms with Crippen molar-refractivity contribution in [3.05, 3.63) is 29.8 Å². The highest BCUT2D eigenvalue weighted by Gasteiger charge is 2.05. The molecule has 0 radical (unpaired) electrons. The zero-order valence-electron chi connectivity index (χ0n) is 12.6. The molecule has 0 aliphatic carbocycles. The summed E-state index contributed by atoms with van der Waals surface area (Å²) in [5, 5.41) is 3.59. The number of thioether (sulfide) groups is 1. The molecular formula is C16H28N2S. The Morgan fingerprint density at radius 3 is 2.53 bits per heavy atom. The Balaban J connectivity index is 2.48. The Bertz CT molecular complexity index is 337. The van der Waals surface area contributed by atoms with Gasteiger partial charge in [0, 0.05) is 18.8 Å². The van der Waals surface area contributed by atoms with Gasteiger partial charge >= 0.3 is 0 Å². The van der Waals surface area contributed by atoms with Gasteiger partial charge < -0.3 is 5.32 Å². The molecule has 0 fully saturated rings. The van der Waals surface area contributed by atoms with Gasteiger partial charge in [0.05, 0.1) is 0 Å². The van der Waals surface area contributed by atoms with Crippen LogP contribution in [0.1, 0.15) is 32.8 Å². The molecule has 0 saturated heterocycles. The number of rotatable bonds is 10. The lowest BCUT2D eigenvalue weighted by Crippen LogP contribution is -2.22. The predicted octanol–water partition coefficient (Wildman–Crippen LogP) is 4.08. The lowest BCUT2D eigenvalue weighted by atomic mass is 10.1. The number of nitrogens with zero attached hydrogens (tertiary/aromatic N) is 1. The molecular weight excluding hydrogens is 252 g/mol. The molecule has 0 aliphatic heterocycles. The van der Waals surface area contributed by atoms with Crippen molar-refractivity contribution in [3.63, 3.8) is 0 Å². The van der Waals surface area contributed by atoms with Crippen molar-refractivity contribution in [2.24, 2.45) is 0 Å². The van der Waals surface area contributed by atoms with Gasteiger partial charge in [-0.25, -0.2) is 0 Å². The summed E-state index contributed by atoms with van der Waals surface area (Å²) in [6.45, 7) is 11.0. The summed E-state index contributed by atoms with van der Waals surface area (Å²) in [4.78, 5) is 2.45. The molecule has 0 aliphatic rings. The van der Waals surface area contributed by atoms with Crippen molar-refractivity contribution < 1.29 is 0 Å². The Morgan fingerprint density at radius 2 is 1.84 bits per heavy atom. The molecule has 108 valence electrons. The van der Waals surface area contributed by atoms with Crippen molar-refractivity contribution in [2.75, 3.05) is 36.5 Å². The second kappa shape index (κ2) is 10.2. The van der Waals surface area contributed by atoms with E-state index in [4.69, 9.17) is 0 Å². The van der Waals surface area contributed by atoms with Crippen molar-refractivity contribution in [1.29, 1.82) is 0 Å². The third-order valence-electron chi connectivity index (χ3n) is 3.29. The van der Waals surface area contributed by atoms with Gasteiger partial charge in [0.2, 0.25) is 0 Å². The molecule has 3 heteroatoms. The minimum Gasteiger partial charge on any atom is -0.385 e. The van der Waals surface area contributed by atoms with Crippen molar-refractivity contribution in [1.82, 2.24) is 4.90 Å². The van der Waals surface area contributed by atoms with Gasteiger partial charge in [-0.05, 0) is 42.6 Å². The fourth-order valence-electron chi connectivity index (χ4n) is 2.06. The highest BCUT2D eigenvalue weighted by Crippen LogP contribution is 2.17. The summed E-state index contributed by atoms with van der Waals surface area (Å²) in [5.41, 5.74) is 2.71. The molecule has 0 bridgehead atoms. The number of benzene rings is 1. The first-order chi connectivity index (χ1) is 9.31. The minimum atomic E-state index is 1.04. The topological polar surface area (TPSA) is 15.3 Å². The number of hydrogen-bond donors (Lipinski definition) is 1. The van der Waals surface area contributed by atoms with E-state index in [-0.39, 0.29) is 0 Å². The van der Waals surface area contributed by atoms with Gasteiger partial charge in [0.15, 0.2) is 0 Å². The van der Waals surface area contributed by atoms with Crippen LogP contribution in [0.5, 0.6) is 0 Å². The molecule has 0 atom stereocenters. The molecule has 0 heterocycles. The average Bonchev–Trinajstić information content (AvgIpc) is 2.45. The van der Waals surface area contributed by atoms with Crippen LogP contribution in [0.15, 0.2) is 24.3 Å². The third-order valence-corrected chi connectivity index (χ3v) is 4.28.